The molecule has 0 radical (unpaired) electrons. The molecule has 116 valence electrons. The molecule has 0 aromatic rings. The first-order valence-electron chi connectivity index (χ1n) is 7.87. The summed E-state index contributed by atoms with van der Waals surface area (Å²) >= 11 is 0. The summed E-state index contributed by atoms with van der Waals surface area (Å²) in [6.07, 6.45) is 7.92. The minimum absolute atomic E-state index is 0.154. The van der Waals surface area contributed by atoms with Gasteiger partial charge in [0.1, 0.15) is 0 Å². The Morgan fingerprint density at radius 2 is 1.95 bits per heavy atom. The van der Waals surface area contributed by atoms with E-state index in [2.05, 4.69) is 10.6 Å². The van der Waals surface area contributed by atoms with Gasteiger partial charge in [-0.3, -0.25) is 9.59 Å². The Kier molecular flexibility index (Phi) is 9.04. The summed E-state index contributed by atoms with van der Waals surface area (Å²) in [7, 11) is 0. The van der Waals surface area contributed by atoms with Crippen LogP contribution < -0.4 is 10.6 Å². The molecule has 1 aliphatic heterocycles. The van der Waals surface area contributed by atoms with Crippen LogP contribution in [0.15, 0.2) is 0 Å². The zero-order valence-electron chi connectivity index (χ0n) is 12.3. The van der Waals surface area contributed by atoms with Crippen LogP contribution in [-0.2, 0) is 9.59 Å². The fourth-order valence-electron chi connectivity index (χ4n) is 2.58. The maximum atomic E-state index is 11.7. The third kappa shape index (κ3) is 8.91. The van der Waals surface area contributed by atoms with Gasteiger partial charge in [-0.2, -0.15) is 0 Å². The number of piperidine rings is 1. The number of carbonyl (C=O) groups excluding carboxylic acids is 1. The monoisotopic (exact) mass is 284 g/mol. The number of carbonyl (C=O) groups is 2. The summed E-state index contributed by atoms with van der Waals surface area (Å²) in [5.74, 6) is 0.0853. The first-order valence-corrected chi connectivity index (χ1v) is 7.87. The van der Waals surface area contributed by atoms with Gasteiger partial charge in [0.25, 0.3) is 0 Å². The first-order chi connectivity index (χ1) is 9.68. The lowest BCUT2D eigenvalue weighted by Crippen LogP contribution is -2.31. The molecule has 0 aliphatic carbocycles. The Morgan fingerprint density at radius 3 is 2.65 bits per heavy atom. The second kappa shape index (κ2) is 10.7. The van der Waals surface area contributed by atoms with Crippen molar-refractivity contribution in [3.05, 3.63) is 0 Å². The zero-order valence-corrected chi connectivity index (χ0v) is 12.3. The number of carboxylic acids is 1. The summed E-state index contributed by atoms with van der Waals surface area (Å²) in [5.41, 5.74) is 0. The van der Waals surface area contributed by atoms with Gasteiger partial charge < -0.3 is 15.7 Å². The van der Waals surface area contributed by atoms with Crippen molar-refractivity contribution in [2.45, 2.75) is 57.8 Å². The fourth-order valence-corrected chi connectivity index (χ4v) is 2.58. The van der Waals surface area contributed by atoms with E-state index in [0.717, 1.165) is 51.7 Å². The second-order valence-corrected chi connectivity index (χ2v) is 5.66. The molecule has 3 N–H and O–H groups in total. The molecule has 0 bridgehead atoms. The van der Waals surface area contributed by atoms with Gasteiger partial charge in [0.05, 0.1) is 0 Å². The molecule has 0 saturated carbocycles. The molecular formula is C15H28N2O3. The number of unbranched alkanes of at least 4 members (excludes halogenated alkanes) is 3. The van der Waals surface area contributed by atoms with Crippen molar-refractivity contribution in [3.8, 4) is 0 Å². The molecule has 1 saturated heterocycles. The molecule has 1 heterocycles. The van der Waals surface area contributed by atoms with E-state index < -0.39 is 5.97 Å². The number of rotatable bonds is 10. The lowest BCUT2D eigenvalue weighted by atomic mass is 9.94. The van der Waals surface area contributed by atoms with Gasteiger partial charge in [-0.05, 0) is 51.1 Å². The highest BCUT2D eigenvalue weighted by atomic mass is 16.4. The van der Waals surface area contributed by atoms with Crippen molar-refractivity contribution in [1.29, 1.82) is 0 Å². The molecule has 1 unspecified atom stereocenters. The van der Waals surface area contributed by atoms with E-state index in [0.29, 0.717) is 12.3 Å². The molecule has 0 aromatic heterocycles. The van der Waals surface area contributed by atoms with E-state index in [4.69, 9.17) is 5.11 Å². The van der Waals surface area contributed by atoms with Crippen molar-refractivity contribution in [2.75, 3.05) is 19.6 Å². The summed E-state index contributed by atoms with van der Waals surface area (Å²) in [6, 6.07) is 0. The molecule has 1 fully saturated rings. The molecule has 1 amide bonds. The fraction of sp³-hybridized carbons (Fsp3) is 0.867. The Labute approximate surface area is 121 Å². The number of aliphatic carboxylic acids is 1. The minimum Gasteiger partial charge on any atom is -0.481 e. The number of amides is 1. The minimum atomic E-state index is -0.726. The Balaban J connectivity index is 1.88. The van der Waals surface area contributed by atoms with Gasteiger partial charge in [-0.1, -0.05) is 12.8 Å². The van der Waals surface area contributed by atoms with Crippen molar-refractivity contribution < 1.29 is 14.7 Å². The third-order valence-electron chi connectivity index (χ3n) is 3.82. The van der Waals surface area contributed by atoms with Crippen LogP contribution in [0.3, 0.4) is 0 Å². The number of hydrogen-bond donors (Lipinski definition) is 3. The average Bonchev–Trinajstić information content (AvgIpc) is 2.45. The lowest BCUT2D eigenvalue weighted by Gasteiger charge is -2.22. The van der Waals surface area contributed by atoms with Crippen molar-refractivity contribution in [3.63, 3.8) is 0 Å². The van der Waals surface area contributed by atoms with Gasteiger partial charge in [0.2, 0.25) is 5.91 Å². The summed E-state index contributed by atoms with van der Waals surface area (Å²) in [6.45, 7) is 2.89. The van der Waals surface area contributed by atoms with Crippen LogP contribution in [0.4, 0.5) is 0 Å². The normalized spacial score (nSPS) is 18.7. The maximum absolute atomic E-state index is 11.7. The molecule has 0 aromatic carbocycles. The summed E-state index contributed by atoms with van der Waals surface area (Å²) in [4.78, 5) is 22.0. The van der Waals surface area contributed by atoms with Crippen molar-refractivity contribution in [1.82, 2.24) is 10.6 Å². The van der Waals surface area contributed by atoms with Crippen LogP contribution in [0, 0.1) is 5.92 Å². The van der Waals surface area contributed by atoms with E-state index in [1.807, 2.05) is 0 Å². The predicted molar refractivity (Wildman–Crippen MR) is 78.6 cm³/mol. The third-order valence-corrected chi connectivity index (χ3v) is 3.82. The van der Waals surface area contributed by atoms with Crippen LogP contribution >= 0.6 is 0 Å². The van der Waals surface area contributed by atoms with Gasteiger partial charge >= 0.3 is 5.97 Å². The van der Waals surface area contributed by atoms with Crippen LogP contribution in [0.5, 0.6) is 0 Å². The van der Waals surface area contributed by atoms with Crippen molar-refractivity contribution >= 4 is 11.9 Å². The lowest BCUT2D eigenvalue weighted by molar-refractivity contribution is -0.137. The van der Waals surface area contributed by atoms with Crippen LogP contribution in [-0.4, -0.2) is 36.6 Å². The van der Waals surface area contributed by atoms with Crippen LogP contribution in [0.25, 0.3) is 0 Å². The van der Waals surface area contributed by atoms with E-state index in [1.54, 1.807) is 0 Å². The summed E-state index contributed by atoms with van der Waals surface area (Å²) in [5, 5.41) is 14.8. The van der Waals surface area contributed by atoms with E-state index >= 15 is 0 Å². The quantitative estimate of drug-likeness (QED) is 0.536. The smallest absolute Gasteiger partial charge is 0.303 e. The van der Waals surface area contributed by atoms with Crippen LogP contribution in [0.2, 0.25) is 0 Å². The molecular weight excluding hydrogens is 256 g/mol. The van der Waals surface area contributed by atoms with Crippen LogP contribution in [0.1, 0.15) is 57.8 Å². The van der Waals surface area contributed by atoms with E-state index in [-0.39, 0.29) is 12.3 Å². The summed E-state index contributed by atoms with van der Waals surface area (Å²) < 4.78 is 0. The largest absolute Gasteiger partial charge is 0.481 e. The zero-order chi connectivity index (χ0) is 14.6. The SMILES string of the molecule is O=C(O)CCCCCCNC(=O)CCC1CCCNC1. The molecule has 20 heavy (non-hydrogen) atoms. The average molecular weight is 284 g/mol. The molecule has 1 atom stereocenters. The number of nitrogens with one attached hydrogen (secondary N) is 2. The van der Waals surface area contributed by atoms with Gasteiger partial charge in [-0.25, -0.2) is 0 Å². The topological polar surface area (TPSA) is 78.4 Å². The molecule has 1 rings (SSSR count). The highest BCUT2D eigenvalue weighted by Gasteiger charge is 2.14. The molecule has 0 spiro atoms. The van der Waals surface area contributed by atoms with Gasteiger partial charge in [-0.15, -0.1) is 0 Å². The predicted octanol–water partition coefficient (Wildman–Crippen LogP) is 1.92. The highest BCUT2D eigenvalue weighted by molar-refractivity contribution is 5.75. The highest BCUT2D eigenvalue weighted by Crippen LogP contribution is 2.15. The molecule has 1 aliphatic rings. The Hall–Kier alpha value is -1.10. The Bertz CT molecular complexity index is 289. The standard InChI is InChI=1S/C15H28N2O3/c18-14(9-8-13-6-5-10-16-12-13)17-11-4-2-1-3-7-15(19)20/h13,16H,1-12H2,(H,17,18)(H,19,20). The molecule has 5 heteroatoms. The van der Waals surface area contributed by atoms with E-state index in [9.17, 15) is 9.59 Å². The van der Waals surface area contributed by atoms with Gasteiger partial charge in [0.15, 0.2) is 0 Å². The van der Waals surface area contributed by atoms with Gasteiger partial charge in [0, 0.05) is 19.4 Å². The Morgan fingerprint density at radius 1 is 1.15 bits per heavy atom. The van der Waals surface area contributed by atoms with E-state index in [1.165, 1.54) is 12.8 Å². The number of carboxylic acid groups (broad SMARTS) is 1. The first kappa shape index (κ1) is 17.0. The van der Waals surface area contributed by atoms with Crippen molar-refractivity contribution in [2.24, 2.45) is 5.92 Å². The maximum Gasteiger partial charge on any atom is 0.303 e. The molecule has 5 nitrogen and oxygen atoms in total. The second-order valence-electron chi connectivity index (χ2n) is 5.66. The number of hydrogen-bond acceptors (Lipinski definition) is 3.